The van der Waals surface area contributed by atoms with Crippen LogP contribution in [0.15, 0.2) is 82.6 Å². The highest BCUT2D eigenvalue weighted by atomic mass is 32.2. The van der Waals surface area contributed by atoms with E-state index in [1.54, 1.807) is 23.5 Å². The van der Waals surface area contributed by atoms with Gasteiger partial charge in [0.1, 0.15) is 5.60 Å². The van der Waals surface area contributed by atoms with E-state index >= 15 is 0 Å². The first-order chi connectivity index (χ1) is 16.9. The summed E-state index contributed by atoms with van der Waals surface area (Å²) in [5.74, 6) is 0. The van der Waals surface area contributed by atoms with Crippen LogP contribution in [0.3, 0.4) is 0 Å². The third-order valence-corrected chi connectivity index (χ3v) is 8.89. The Morgan fingerprint density at radius 2 is 1.46 bits per heavy atom. The zero-order valence-electron chi connectivity index (χ0n) is 21.0. The molecule has 4 rings (SSSR count). The molecule has 3 aromatic rings. The molecule has 1 fully saturated rings. The van der Waals surface area contributed by atoms with E-state index in [2.05, 4.69) is 72.9 Å². The van der Waals surface area contributed by atoms with Crippen molar-refractivity contribution in [1.82, 2.24) is 4.90 Å². The van der Waals surface area contributed by atoms with E-state index in [9.17, 15) is 10.2 Å². The average Bonchev–Trinajstić information content (AvgIpc) is 2.92. The maximum Gasteiger partial charge on any atom is 0.116 e. The minimum atomic E-state index is -1.06. The molecular formula is C30H37NO2S2. The monoisotopic (exact) mass is 507 g/mol. The quantitative estimate of drug-likeness (QED) is 0.333. The molecular weight excluding hydrogens is 470 g/mol. The van der Waals surface area contributed by atoms with E-state index in [-0.39, 0.29) is 0 Å². The maximum atomic E-state index is 12.2. The number of rotatable bonds is 9. The van der Waals surface area contributed by atoms with Gasteiger partial charge in [-0.1, -0.05) is 55.5 Å². The lowest BCUT2D eigenvalue weighted by Gasteiger charge is -2.40. The topological polar surface area (TPSA) is 43.7 Å². The molecule has 5 heteroatoms. The first-order valence-corrected chi connectivity index (χ1v) is 14.9. The lowest BCUT2D eigenvalue weighted by molar-refractivity contribution is -0.0316. The van der Waals surface area contributed by atoms with E-state index in [1.807, 2.05) is 24.3 Å². The number of likely N-dealkylation sites (tertiary alicyclic amines) is 1. The van der Waals surface area contributed by atoms with Gasteiger partial charge in [0.05, 0.1) is 5.60 Å². The Labute approximate surface area is 219 Å². The minimum absolute atomic E-state index is 0.610. The van der Waals surface area contributed by atoms with Gasteiger partial charge in [0.15, 0.2) is 0 Å². The molecule has 0 aromatic heterocycles. The van der Waals surface area contributed by atoms with Crippen LogP contribution in [0.4, 0.5) is 0 Å². The summed E-state index contributed by atoms with van der Waals surface area (Å²) in [6.07, 6.45) is 7.10. The molecule has 0 radical (unpaired) electrons. The summed E-state index contributed by atoms with van der Waals surface area (Å²) in [4.78, 5) is 4.73. The number of aryl methyl sites for hydroxylation is 1. The number of aliphatic hydroxyl groups is 2. The third kappa shape index (κ3) is 5.98. The highest BCUT2D eigenvalue weighted by Gasteiger charge is 2.36. The molecule has 2 N–H and O–H groups in total. The van der Waals surface area contributed by atoms with E-state index < -0.39 is 11.2 Å². The maximum absolute atomic E-state index is 12.2. The number of benzene rings is 3. The number of piperidine rings is 1. The summed E-state index contributed by atoms with van der Waals surface area (Å²) in [5.41, 5.74) is 2.32. The van der Waals surface area contributed by atoms with Crippen molar-refractivity contribution in [1.29, 1.82) is 0 Å². The molecule has 1 unspecified atom stereocenters. The van der Waals surface area contributed by atoms with Crippen LogP contribution in [0.2, 0.25) is 0 Å². The molecule has 1 heterocycles. The highest BCUT2D eigenvalue weighted by molar-refractivity contribution is 7.98. The fourth-order valence-corrected chi connectivity index (χ4v) is 5.97. The zero-order chi connectivity index (χ0) is 24.9. The van der Waals surface area contributed by atoms with Gasteiger partial charge in [0, 0.05) is 29.4 Å². The SMILES string of the molecule is CCc1cccc(C(O)(CCN2CCC(O)(c3cccc(SC)c3)CC2)c2cccc(SC)c2)c1. The van der Waals surface area contributed by atoms with Crippen LogP contribution in [0.5, 0.6) is 0 Å². The second-order valence-corrected chi connectivity index (χ2v) is 11.3. The van der Waals surface area contributed by atoms with Gasteiger partial charge >= 0.3 is 0 Å². The van der Waals surface area contributed by atoms with Gasteiger partial charge in [-0.05, 0) is 84.7 Å². The summed E-state index contributed by atoms with van der Waals surface area (Å²) < 4.78 is 0. The Morgan fingerprint density at radius 3 is 2.11 bits per heavy atom. The lowest BCUT2D eigenvalue weighted by atomic mass is 9.81. The zero-order valence-corrected chi connectivity index (χ0v) is 22.7. The molecule has 1 atom stereocenters. The van der Waals surface area contributed by atoms with Crippen molar-refractivity contribution in [2.75, 3.05) is 32.1 Å². The Bertz CT molecular complexity index is 1080. The van der Waals surface area contributed by atoms with Crippen molar-refractivity contribution >= 4 is 23.5 Å². The molecule has 0 aliphatic carbocycles. The molecule has 35 heavy (non-hydrogen) atoms. The van der Waals surface area contributed by atoms with Crippen LogP contribution in [0, 0.1) is 0 Å². The van der Waals surface area contributed by atoms with Gasteiger partial charge < -0.3 is 15.1 Å². The second-order valence-electron chi connectivity index (χ2n) is 9.50. The predicted octanol–water partition coefficient (Wildman–Crippen LogP) is 6.30. The van der Waals surface area contributed by atoms with Crippen molar-refractivity contribution in [3.63, 3.8) is 0 Å². The summed E-state index contributed by atoms with van der Waals surface area (Å²) >= 11 is 3.40. The number of hydrogen-bond acceptors (Lipinski definition) is 5. The Balaban J connectivity index is 1.51. The number of nitrogens with zero attached hydrogens (tertiary/aromatic N) is 1. The van der Waals surface area contributed by atoms with Crippen LogP contribution in [-0.2, 0) is 17.6 Å². The molecule has 0 amide bonds. The molecule has 1 aliphatic rings. The van der Waals surface area contributed by atoms with Crippen LogP contribution < -0.4 is 0 Å². The fraction of sp³-hybridized carbons (Fsp3) is 0.400. The van der Waals surface area contributed by atoms with Gasteiger partial charge in [0.2, 0.25) is 0 Å². The molecule has 0 bridgehead atoms. The Kier molecular flexibility index (Phi) is 8.67. The summed E-state index contributed by atoms with van der Waals surface area (Å²) in [7, 11) is 0. The summed E-state index contributed by atoms with van der Waals surface area (Å²) in [5, 5.41) is 23.6. The van der Waals surface area contributed by atoms with Crippen molar-refractivity contribution in [3.8, 4) is 0 Å². The van der Waals surface area contributed by atoms with Crippen LogP contribution in [-0.4, -0.2) is 47.3 Å². The van der Waals surface area contributed by atoms with Crippen LogP contribution >= 0.6 is 23.5 Å². The van der Waals surface area contributed by atoms with Gasteiger partial charge in [0.25, 0.3) is 0 Å². The van der Waals surface area contributed by atoms with E-state index in [0.29, 0.717) is 19.3 Å². The molecule has 1 aliphatic heterocycles. The molecule has 0 spiro atoms. The standard InChI is InChI=1S/C30H37NO2S2/c1-4-23-8-5-10-25(20-23)30(33,26-11-7-13-28(22-26)35-3)16-19-31-17-14-29(32,15-18-31)24-9-6-12-27(21-24)34-2/h5-13,20-22,32-33H,4,14-19H2,1-3H3. The first-order valence-electron chi connectivity index (χ1n) is 12.5. The first kappa shape index (κ1) is 26.3. The van der Waals surface area contributed by atoms with Crippen LogP contribution in [0.1, 0.15) is 48.4 Å². The van der Waals surface area contributed by atoms with Crippen molar-refractivity contribution in [2.45, 2.75) is 53.6 Å². The Hall–Kier alpha value is -1.76. The highest BCUT2D eigenvalue weighted by Crippen LogP contribution is 2.38. The van der Waals surface area contributed by atoms with E-state index in [0.717, 1.165) is 47.6 Å². The smallest absolute Gasteiger partial charge is 0.116 e. The molecule has 0 saturated carbocycles. The minimum Gasteiger partial charge on any atom is -0.385 e. The van der Waals surface area contributed by atoms with Gasteiger partial charge in [-0.2, -0.15) is 0 Å². The summed E-state index contributed by atoms with van der Waals surface area (Å²) in [6, 6.07) is 25.0. The van der Waals surface area contributed by atoms with E-state index in [4.69, 9.17) is 0 Å². The second kappa shape index (κ2) is 11.5. The number of thioether (sulfide) groups is 2. The lowest BCUT2D eigenvalue weighted by Crippen LogP contribution is -2.44. The molecule has 3 nitrogen and oxygen atoms in total. The van der Waals surface area contributed by atoms with E-state index in [1.165, 1.54) is 10.5 Å². The molecule has 3 aromatic carbocycles. The van der Waals surface area contributed by atoms with Gasteiger partial charge in [-0.3, -0.25) is 0 Å². The van der Waals surface area contributed by atoms with Gasteiger partial charge in [-0.25, -0.2) is 0 Å². The molecule has 1 saturated heterocycles. The Morgan fingerprint density at radius 1 is 0.857 bits per heavy atom. The predicted molar refractivity (Wildman–Crippen MR) is 149 cm³/mol. The van der Waals surface area contributed by atoms with Crippen molar-refractivity contribution in [3.05, 3.63) is 95.1 Å². The van der Waals surface area contributed by atoms with Crippen molar-refractivity contribution in [2.24, 2.45) is 0 Å². The number of hydrogen-bond donors (Lipinski definition) is 2. The summed E-state index contributed by atoms with van der Waals surface area (Å²) in [6.45, 7) is 4.55. The largest absolute Gasteiger partial charge is 0.385 e. The van der Waals surface area contributed by atoms with Crippen LogP contribution in [0.25, 0.3) is 0 Å². The van der Waals surface area contributed by atoms with Gasteiger partial charge in [-0.15, -0.1) is 23.5 Å². The fourth-order valence-electron chi connectivity index (χ4n) is 5.05. The normalized spacial score (nSPS) is 17.7. The average molecular weight is 508 g/mol. The molecule has 186 valence electrons. The third-order valence-electron chi connectivity index (χ3n) is 7.44. The van der Waals surface area contributed by atoms with Crippen molar-refractivity contribution < 1.29 is 10.2 Å².